The molecule has 2 N–H and O–H groups in total. The lowest BCUT2D eigenvalue weighted by Gasteiger charge is -2.23. The van der Waals surface area contributed by atoms with Gasteiger partial charge >= 0.3 is 0 Å². The van der Waals surface area contributed by atoms with Gasteiger partial charge in [0.05, 0.1) is 12.1 Å². The van der Waals surface area contributed by atoms with E-state index in [1.54, 1.807) is 0 Å². The van der Waals surface area contributed by atoms with Crippen molar-refractivity contribution in [3.63, 3.8) is 0 Å². The van der Waals surface area contributed by atoms with Gasteiger partial charge in [0.2, 0.25) is 5.89 Å². The summed E-state index contributed by atoms with van der Waals surface area (Å²) in [7, 11) is 0. The lowest BCUT2D eigenvalue weighted by molar-refractivity contribution is 0.191. The Labute approximate surface area is 107 Å². The molecule has 100 valence electrons. The van der Waals surface area contributed by atoms with Crippen LogP contribution in [-0.2, 0) is 0 Å². The van der Waals surface area contributed by atoms with E-state index in [4.69, 9.17) is 4.52 Å². The third kappa shape index (κ3) is 2.42. The number of β-amino-alcohol motifs (C(OH)–C–C–N with tert-alkyl or cyclic N) is 1. The topological polar surface area (TPSA) is 71.2 Å². The summed E-state index contributed by atoms with van der Waals surface area (Å²) >= 11 is 0. The zero-order valence-electron chi connectivity index (χ0n) is 10.8. The van der Waals surface area contributed by atoms with Crippen molar-refractivity contribution in [1.82, 2.24) is 15.5 Å². The number of hydrogen-bond acceptors (Lipinski definition) is 5. The summed E-state index contributed by atoms with van der Waals surface area (Å²) in [5, 5.41) is 16.8. The fraction of sp³-hybridized carbons (Fsp3) is 0.846. The Balaban J connectivity index is 1.66. The van der Waals surface area contributed by atoms with E-state index >= 15 is 0 Å². The lowest BCUT2D eigenvalue weighted by Crippen LogP contribution is -2.15. The summed E-state index contributed by atoms with van der Waals surface area (Å²) < 4.78 is 5.34. The fourth-order valence-corrected chi connectivity index (χ4v) is 2.98. The van der Waals surface area contributed by atoms with E-state index in [1.807, 2.05) is 0 Å². The standard InChI is InChI=1S/C13H21N3O2/c1-8-2-4-9(5-3-8)12-15-13(18-16-12)11-6-10(17)7-14-11/h8-11,14,17H,2-7H2,1H3/t8?,9?,10-,11-/m0/s1. The molecule has 0 spiro atoms. The maximum Gasteiger partial charge on any atom is 0.243 e. The monoisotopic (exact) mass is 251 g/mol. The third-order valence-corrected chi connectivity index (χ3v) is 4.24. The maximum absolute atomic E-state index is 9.49. The Morgan fingerprint density at radius 3 is 2.72 bits per heavy atom. The minimum atomic E-state index is -0.291. The Morgan fingerprint density at radius 2 is 2.06 bits per heavy atom. The molecule has 0 bridgehead atoms. The molecular weight excluding hydrogens is 230 g/mol. The van der Waals surface area contributed by atoms with E-state index in [9.17, 15) is 5.11 Å². The van der Waals surface area contributed by atoms with E-state index in [-0.39, 0.29) is 12.1 Å². The molecule has 2 fully saturated rings. The summed E-state index contributed by atoms with van der Waals surface area (Å²) in [5.74, 6) is 2.80. The second-order valence-electron chi connectivity index (χ2n) is 5.80. The van der Waals surface area contributed by atoms with Gasteiger partial charge in [-0.1, -0.05) is 24.9 Å². The Morgan fingerprint density at radius 1 is 1.28 bits per heavy atom. The normalized spacial score (nSPS) is 37.0. The first-order chi connectivity index (χ1) is 8.72. The van der Waals surface area contributed by atoms with Crippen LogP contribution in [-0.4, -0.2) is 27.9 Å². The van der Waals surface area contributed by atoms with Gasteiger partial charge in [0.15, 0.2) is 5.82 Å². The van der Waals surface area contributed by atoms with E-state index < -0.39 is 0 Å². The van der Waals surface area contributed by atoms with Crippen LogP contribution in [0.2, 0.25) is 0 Å². The van der Waals surface area contributed by atoms with Crippen molar-refractivity contribution in [3.05, 3.63) is 11.7 Å². The molecule has 0 amide bonds. The van der Waals surface area contributed by atoms with E-state index in [2.05, 4.69) is 22.4 Å². The SMILES string of the molecule is CC1CCC(c2noc([C@@H]3C[C@H](O)CN3)n2)CC1. The van der Waals surface area contributed by atoms with Gasteiger partial charge in [-0.15, -0.1) is 0 Å². The van der Waals surface area contributed by atoms with Gasteiger partial charge in [-0.25, -0.2) is 0 Å². The van der Waals surface area contributed by atoms with Gasteiger partial charge in [0, 0.05) is 12.5 Å². The van der Waals surface area contributed by atoms with Crippen molar-refractivity contribution in [1.29, 1.82) is 0 Å². The van der Waals surface area contributed by atoms with Crippen LogP contribution in [0.15, 0.2) is 4.52 Å². The highest BCUT2D eigenvalue weighted by Crippen LogP contribution is 2.34. The summed E-state index contributed by atoms with van der Waals surface area (Å²) in [6.07, 6.45) is 5.23. The van der Waals surface area contributed by atoms with Crippen molar-refractivity contribution in [3.8, 4) is 0 Å². The average Bonchev–Trinajstić information content (AvgIpc) is 2.98. The highest BCUT2D eigenvalue weighted by atomic mass is 16.5. The van der Waals surface area contributed by atoms with Crippen molar-refractivity contribution in [2.45, 2.75) is 57.1 Å². The van der Waals surface area contributed by atoms with Crippen LogP contribution in [0.4, 0.5) is 0 Å². The van der Waals surface area contributed by atoms with Crippen molar-refractivity contribution in [2.24, 2.45) is 5.92 Å². The van der Waals surface area contributed by atoms with Crippen LogP contribution in [0.1, 0.15) is 62.7 Å². The van der Waals surface area contributed by atoms with E-state index in [0.29, 0.717) is 24.8 Å². The quantitative estimate of drug-likeness (QED) is 0.838. The molecule has 1 aromatic rings. The molecule has 2 aliphatic rings. The number of nitrogens with zero attached hydrogens (tertiary/aromatic N) is 2. The molecule has 5 nitrogen and oxygen atoms in total. The molecule has 1 aliphatic heterocycles. The average molecular weight is 251 g/mol. The predicted molar refractivity (Wildman–Crippen MR) is 66.0 cm³/mol. The van der Waals surface area contributed by atoms with Crippen LogP contribution in [0.3, 0.4) is 0 Å². The summed E-state index contributed by atoms with van der Waals surface area (Å²) in [4.78, 5) is 4.52. The van der Waals surface area contributed by atoms with Crippen molar-refractivity contribution < 1.29 is 9.63 Å². The molecule has 0 unspecified atom stereocenters. The Hall–Kier alpha value is -0.940. The molecular formula is C13H21N3O2. The van der Waals surface area contributed by atoms with Gasteiger partial charge in [0.1, 0.15) is 0 Å². The van der Waals surface area contributed by atoms with Gasteiger partial charge in [0.25, 0.3) is 0 Å². The zero-order chi connectivity index (χ0) is 12.5. The first kappa shape index (κ1) is 12.1. The van der Waals surface area contributed by atoms with E-state index in [0.717, 1.165) is 11.7 Å². The van der Waals surface area contributed by atoms with Crippen LogP contribution < -0.4 is 5.32 Å². The molecule has 0 aromatic carbocycles. The number of aromatic nitrogens is 2. The number of aliphatic hydroxyl groups is 1. The van der Waals surface area contributed by atoms with Gasteiger partial charge < -0.3 is 14.9 Å². The first-order valence-electron chi connectivity index (χ1n) is 6.97. The number of rotatable bonds is 2. The minimum absolute atomic E-state index is 0.0313. The molecule has 18 heavy (non-hydrogen) atoms. The van der Waals surface area contributed by atoms with Crippen molar-refractivity contribution in [2.75, 3.05) is 6.54 Å². The van der Waals surface area contributed by atoms with Crippen LogP contribution in [0, 0.1) is 5.92 Å². The van der Waals surface area contributed by atoms with Gasteiger partial charge in [-0.3, -0.25) is 0 Å². The second-order valence-corrected chi connectivity index (χ2v) is 5.80. The van der Waals surface area contributed by atoms with Gasteiger partial charge in [-0.2, -0.15) is 4.98 Å². The summed E-state index contributed by atoms with van der Waals surface area (Å²) in [6, 6.07) is 0.0313. The Bertz CT molecular complexity index is 399. The predicted octanol–water partition coefficient (Wildman–Crippen LogP) is 1.76. The second kappa shape index (κ2) is 4.97. The number of nitrogens with one attached hydrogen (secondary N) is 1. The maximum atomic E-state index is 9.49. The fourth-order valence-electron chi connectivity index (χ4n) is 2.98. The summed E-state index contributed by atoms with van der Waals surface area (Å²) in [5.41, 5.74) is 0. The van der Waals surface area contributed by atoms with Crippen LogP contribution in [0.5, 0.6) is 0 Å². The molecule has 1 aliphatic carbocycles. The first-order valence-corrected chi connectivity index (χ1v) is 6.97. The molecule has 1 aromatic heterocycles. The molecule has 2 atom stereocenters. The molecule has 0 radical (unpaired) electrons. The number of aliphatic hydroxyl groups excluding tert-OH is 1. The van der Waals surface area contributed by atoms with Crippen LogP contribution >= 0.6 is 0 Å². The van der Waals surface area contributed by atoms with Crippen molar-refractivity contribution >= 4 is 0 Å². The molecule has 3 rings (SSSR count). The molecule has 2 heterocycles. The largest absolute Gasteiger partial charge is 0.392 e. The third-order valence-electron chi connectivity index (χ3n) is 4.24. The lowest BCUT2D eigenvalue weighted by atomic mass is 9.83. The molecule has 5 heteroatoms. The highest BCUT2D eigenvalue weighted by Gasteiger charge is 2.30. The van der Waals surface area contributed by atoms with Crippen LogP contribution in [0.25, 0.3) is 0 Å². The minimum Gasteiger partial charge on any atom is -0.392 e. The van der Waals surface area contributed by atoms with Gasteiger partial charge in [-0.05, 0) is 25.2 Å². The van der Waals surface area contributed by atoms with E-state index in [1.165, 1.54) is 25.7 Å². The Kier molecular flexibility index (Phi) is 3.35. The number of hydrogen-bond donors (Lipinski definition) is 2. The summed E-state index contributed by atoms with van der Waals surface area (Å²) in [6.45, 7) is 2.92. The molecule has 1 saturated carbocycles. The molecule has 1 saturated heterocycles. The zero-order valence-corrected chi connectivity index (χ0v) is 10.8. The smallest absolute Gasteiger partial charge is 0.243 e. The highest BCUT2D eigenvalue weighted by molar-refractivity contribution is 5.02.